The molecule has 6 heteroatoms. The zero-order valence-electron chi connectivity index (χ0n) is 11.3. The van der Waals surface area contributed by atoms with E-state index in [4.69, 9.17) is 17.0 Å². The van der Waals surface area contributed by atoms with Crippen LogP contribution in [0.2, 0.25) is 0 Å². The Labute approximate surface area is 117 Å². The van der Waals surface area contributed by atoms with E-state index in [9.17, 15) is 4.79 Å². The van der Waals surface area contributed by atoms with Crippen LogP contribution in [-0.4, -0.2) is 42.1 Å². The number of ether oxygens (including phenoxy) is 1. The van der Waals surface area contributed by atoms with Crippen LogP contribution in [0.15, 0.2) is 0 Å². The Hall–Kier alpha value is -0.720. The average molecular weight is 288 g/mol. The number of H-pyrrole nitrogens is 1. The molecule has 1 amide bonds. The van der Waals surface area contributed by atoms with Crippen LogP contribution in [0.1, 0.15) is 24.4 Å². The maximum absolute atomic E-state index is 12.3. The summed E-state index contributed by atoms with van der Waals surface area (Å²) in [5.41, 5.74) is 0.994. The summed E-state index contributed by atoms with van der Waals surface area (Å²) in [6.45, 7) is 7.16. The first-order valence-corrected chi connectivity index (χ1v) is 7.15. The second-order valence-electron chi connectivity index (χ2n) is 4.41. The van der Waals surface area contributed by atoms with Crippen LogP contribution in [0, 0.1) is 10.9 Å². The number of nitrogens with zero attached hydrogens (tertiary/aromatic N) is 1. The maximum atomic E-state index is 12.3. The summed E-state index contributed by atoms with van der Waals surface area (Å²) in [5, 5.41) is 0. The van der Waals surface area contributed by atoms with E-state index in [0.29, 0.717) is 19.6 Å². The topological polar surface area (TPSA) is 45.3 Å². The van der Waals surface area contributed by atoms with Gasteiger partial charge in [-0.25, -0.2) is 0 Å². The smallest absolute Gasteiger partial charge is 0.228 e. The Kier molecular flexibility index (Phi) is 5.98. The number of aromatic nitrogens is 1. The lowest BCUT2D eigenvalue weighted by Gasteiger charge is -2.26. The molecule has 0 aromatic carbocycles. The number of hydrogen-bond acceptors (Lipinski definition) is 4. The van der Waals surface area contributed by atoms with Gasteiger partial charge in [-0.2, -0.15) is 0 Å². The fraction of sp³-hybridized carbons (Fsp3) is 0.667. The van der Waals surface area contributed by atoms with E-state index in [1.807, 2.05) is 25.7 Å². The molecule has 1 heterocycles. The second kappa shape index (κ2) is 7.01. The number of aromatic amines is 1. The number of methoxy groups -OCH3 is 1. The molecule has 0 atom stereocenters. The van der Waals surface area contributed by atoms with Crippen molar-refractivity contribution in [2.24, 2.45) is 0 Å². The number of aryl methyl sites for hydroxylation is 1. The molecular formula is C12H20N2O2S2. The van der Waals surface area contributed by atoms with Crippen LogP contribution >= 0.6 is 23.6 Å². The Morgan fingerprint density at radius 2 is 2.22 bits per heavy atom. The number of carbonyl (C=O) groups excluding carboxylic acids is 1. The highest BCUT2D eigenvalue weighted by atomic mass is 32.1. The number of nitrogens with one attached hydrogen (secondary N) is 1. The first-order chi connectivity index (χ1) is 8.45. The minimum Gasteiger partial charge on any atom is -0.383 e. The van der Waals surface area contributed by atoms with E-state index in [0.717, 1.165) is 14.5 Å². The molecule has 0 spiro atoms. The minimum absolute atomic E-state index is 0.121. The molecule has 0 aliphatic carbocycles. The molecule has 1 aromatic rings. The Morgan fingerprint density at radius 3 is 2.67 bits per heavy atom. The van der Waals surface area contributed by atoms with Crippen LogP contribution in [0.3, 0.4) is 0 Å². The van der Waals surface area contributed by atoms with Crippen LogP contribution in [0.4, 0.5) is 0 Å². The van der Waals surface area contributed by atoms with Gasteiger partial charge < -0.3 is 14.6 Å². The van der Waals surface area contributed by atoms with E-state index < -0.39 is 0 Å². The monoisotopic (exact) mass is 288 g/mol. The number of hydrogen-bond donors (Lipinski definition) is 1. The molecule has 0 saturated heterocycles. The van der Waals surface area contributed by atoms with Crippen LogP contribution in [0.5, 0.6) is 0 Å². The number of amides is 1. The van der Waals surface area contributed by atoms with Gasteiger partial charge in [-0.15, -0.1) is 11.3 Å². The van der Waals surface area contributed by atoms with Crippen LogP contribution in [0.25, 0.3) is 0 Å². The van der Waals surface area contributed by atoms with Crippen molar-refractivity contribution in [1.82, 2.24) is 9.88 Å². The molecule has 1 rings (SSSR count). The summed E-state index contributed by atoms with van der Waals surface area (Å²) in [5.74, 6) is 0.121. The van der Waals surface area contributed by atoms with Gasteiger partial charge in [-0.3, -0.25) is 4.79 Å². The summed E-state index contributed by atoms with van der Waals surface area (Å²) >= 11 is 6.55. The third-order valence-corrected chi connectivity index (χ3v) is 4.05. The fourth-order valence-corrected chi connectivity index (χ4v) is 2.99. The number of thiazole rings is 1. The Morgan fingerprint density at radius 1 is 1.56 bits per heavy atom. The fourth-order valence-electron chi connectivity index (χ4n) is 1.70. The molecule has 0 radical (unpaired) electrons. The minimum atomic E-state index is 0.121. The molecule has 4 nitrogen and oxygen atoms in total. The van der Waals surface area contributed by atoms with Crippen molar-refractivity contribution < 1.29 is 9.53 Å². The normalized spacial score (nSPS) is 10.9. The van der Waals surface area contributed by atoms with Gasteiger partial charge in [0, 0.05) is 30.3 Å². The van der Waals surface area contributed by atoms with Crippen molar-refractivity contribution in [2.45, 2.75) is 33.2 Å². The predicted molar refractivity (Wildman–Crippen MR) is 76.7 cm³/mol. The van der Waals surface area contributed by atoms with Crippen LogP contribution in [-0.2, 0) is 16.0 Å². The van der Waals surface area contributed by atoms with E-state index >= 15 is 0 Å². The molecule has 0 aliphatic rings. The quantitative estimate of drug-likeness (QED) is 0.818. The molecule has 102 valence electrons. The first-order valence-electron chi connectivity index (χ1n) is 5.92. The first kappa shape index (κ1) is 15.3. The largest absolute Gasteiger partial charge is 0.383 e. The van der Waals surface area contributed by atoms with E-state index in [1.54, 1.807) is 7.11 Å². The zero-order valence-corrected chi connectivity index (χ0v) is 12.9. The van der Waals surface area contributed by atoms with E-state index in [-0.39, 0.29) is 11.9 Å². The van der Waals surface area contributed by atoms with Crippen molar-refractivity contribution in [2.75, 3.05) is 20.3 Å². The number of rotatable bonds is 6. The predicted octanol–water partition coefficient (Wildman–Crippen LogP) is 2.54. The molecule has 18 heavy (non-hydrogen) atoms. The molecule has 1 N–H and O–H groups in total. The van der Waals surface area contributed by atoms with Crippen molar-refractivity contribution in [3.05, 3.63) is 14.5 Å². The molecule has 0 fully saturated rings. The zero-order chi connectivity index (χ0) is 13.7. The van der Waals surface area contributed by atoms with Gasteiger partial charge in [-0.05, 0) is 33.0 Å². The summed E-state index contributed by atoms with van der Waals surface area (Å²) in [7, 11) is 1.64. The third kappa shape index (κ3) is 4.19. The molecule has 0 bridgehead atoms. The summed E-state index contributed by atoms with van der Waals surface area (Å²) in [4.78, 5) is 18.2. The van der Waals surface area contributed by atoms with Gasteiger partial charge in [0.05, 0.1) is 13.0 Å². The van der Waals surface area contributed by atoms with E-state index in [1.165, 1.54) is 11.3 Å². The average Bonchev–Trinajstić information content (AvgIpc) is 2.57. The van der Waals surface area contributed by atoms with Gasteiger partial charge in [0.1, 0.15) is 0 Å². The molecule has 0 unspecified atom stereocenters. The highest BCUT2D eigenvalue weighted by Crippen LogP contribution is 2.16. The van der Waals surface area contributed by atoms with Gasteiger partial charge in [0.2, 0.25) is 5.91 Å². The molecular weight excluding hydrogens is 268 g/mol. The summed E-state index contributed by atoms with van der Waals surface area (Å²) < 4.78 is 5.76. The number of carbonyl (C=O) groups is 1. The lowest BCUT2D eigenvalue weighted by molar-refractivity contribution is -0.132. The third-order valence-electron chi connectivity index (χ3n) is 2.72. The Bertz CT molecular complexity index is 451. The molecule has 0 aliphatic heterocycles. The van der Waals surface area contributed by atoms with Crippen molar-refractivity contribution in [1.29, 1.82) is 0 Å². The van der Waals surface area contributed by atoms with E-state index in [2.05, 4.69) is 4.98 Å². The van der Waals surface area contributed by atoms with Gasteiger partial charge in [0.25, 0.3) is 0 Å². The van der Waals surface area contributed by atoms with Crippen molar-refractivity contribution in [3.63, 3.8) is 0 Å². The standard InChI is InChI=1S/C12H20N2O2S2/c1-8(2)14(5-6-16-4)11(15)7-10-9(3)13-12(17)18-10/h8H,5-7H2,1-4H3,(H,13,17). The highest BCUT2D eigenvalue weighted by Gasteiger charge is 2.18. The lowest BCUT2D eigenvalue weighted by Crippen LogP contribution is -2.40. The lowest BCUT2D eigenvalue weighted by atomic mass is 10.2. The van der Waals surface area contributed by atoms with Crippen LogP contribution < -0.4 is 0 Å². The highest BCUT2D eigenvalue weighted by molar-refractivity contribution is 7.73. The second-order valence-corrected chi connectivity index (χ2v) is 6.18. The molecule has 0 saturated carbocycles. The maximum Gasteiger partial charge on any atom is 0.228 e. The molecule has 1 aromatic heterocycles. The van der Waals surface area contributed by atoms with Crippen molar-refractivity contribution >= 4 is 29.5 Å². The van der Waals surface area contributed by atoms with Gasteiger partial charge in [-0.1, -0.05) is 0 Å². The van der Waals surface area contributed by atoms with Gasteiger partial charge >= 0.3 is 0 Å². The van der Waals surface area contributed by atoms with Gasteiger partial charge in [0.15, 0.2) is 3.95 Å². The SMILES string of the molecule is COCCN(C(=O)Cc1sc(=S)[nH]c1C)C(C)C. The Balaban J connectivity index is 2.72. The van der Waals surface area contributed by atoms with Crippen molar-refractivity contribution in [3.8, 4) is 0 Å². The summed E-state index contributed by atoms with van der Waals surface area (Å²) in [6.07, 6.45) is 0.408. The summed E-state index contributed by atoms with van der Waals surface area (Å²) in [6, 6.07) is 0.180.